The number of aliphatic hydroxyl groups is 1. The van der Waals surface area contributed by atoms with Crippen molar-refractivity contribution in [2.75, 3.05) is 36.5 Å². The van der Waals surface area contributed by atoms with E-state index in [9.17, 15) is 32.3 Å². The summed E-state index contributed by atoms with van der Waals surface area (Å²) in [5, 5.41) is 19.2. The molecule has 0 bridgehead atoms. The maximum atomic E-state index is 13.4. The molecule has 0 saturated carbocycles. The molecule has 0 radical (unpaired) electrons. The van der Waals surface area contributed by atoms with Crippen molar-refractivity contribution in [1.29, 1.82) is 0 Å². The summed E-state index contributed by atoms with van der Waals surface area (Å²) < 4.78 is 59.0. The number of aliphatic hydroxyl groups excluding tert-OH is 1. The molecule has 0 aliphatic carbocycles. The van der Waals surface area contributed by atoms with Gasteiger partial charge in [0.25, 0.3) is 11.5 Å². The number of carbonyl (C=O) groups excluding carboxylic acids is 1. The van der Waals surface area contributed by atoms with Gasteiger partial charge in [0.2, 0.25) is 5.95 Å². The van der Waals surface area contributed by atoms with E-state index in [-0.39, 0.29) is 24.9 Å². The summed E-state index contributed by atoms with van der Waals surface area (Å²) in [5.41, 5.74) is -2.66. The molecule has 5 rings (SSSR count). The number of anilines is 2. The van der Waals surface area contributed by atoms with Crippen LogP contribution < -0.4 is 15.8 Å². The van der Waals surface area contributed by atoms with Crippen molar-refractivity contribution in [1.82, 2.24) is 25.1 Å². The summed E-state index contributed by atoms with van der Waals surface area (Å²) >= 11 is 0. The monoisotopic (exact) mass is 565 g/mol. The second-order valence-corrected chi connectivity index (χ2v) is 9.92. The molecule has 2 aliphatic rings. The van der Waals surface area contributed by atoms with Gasteiger partial charge < -0.3 is 25.0 Å². The second-order valence-electron chi connectivity index (χ2n) is 9.92. The number of β-amino-alcohol motifs (C(OH)–C–C–N with tert-alkyl or cyclic N) is 1. The van der Waals surface area contributed by atoms with Crippen molar-refractivity contribution >= 4 is 28.4 Å². The van der Waals surface area contributed by atoms with Crippen LogP contribution >= 0.6 is 0 Å². The predicted molar refractivity (Wildman–Crippen MR) is 135 cm³/mol. The number of amides is 1. The Morgan fingerprint density at radius 3 is 2.77 bits per heavy atom. The van der Waals surface area contributed by atoms with Gasteiger partial charge >= 0.3 is 6.18 Å². The molecule has 2 aliphatic heterocycles. The zero-order chi connectivity index (χ0) is 28.6. The highest BCUT2D eigenvalue weighted by Gasteiger charge is 2.42. The fourth-order valence-corrected chi connectivity index (χ4v) is 5.13. The van der Waals surface area contributed by atoms with Crippen molar-refractivity contribution in [2.45, 2.75) is 50.2 Å². The number of benzene rings is 1. The maximum absolute atomic E-state index is 13.4. The van der Waals surface area contributed by atoms with Crippen LogP contribution in [0.1, 0.15) is 25.3 Å². The van der Waals surface area contributed by atoms with E-state index in [2.05, 4.69) is 20.4 Å². The van der Waals surface area contributed by atoms with Crippen LogP contribution in [0.4, 0.5) is 29.2 Å². The fraction of sp³-hybridized carbons (Fsp3) is 0.480. The molecule has 11 nitrogen and oxygen atoms in total. The van der Waals surface area contributed by atoms with Gasteiger partial charge in [-0.2, -0.15) is 18.3 Å². The fourth-order valence-electron chi connectivity index (χ4n) is 5.13. The van der Waals surface area contributed by atoms with E-state index in [0.717, 1.165) is 6.20 Å². The molecule has 2 aromatic heterocycles. The number of ether oxygens (including phenoxy) is 1. The summed E-state index contributed by atoms with van der Waals surface area (Å²) in [5.74, 6) is -0.289. The van der Waals surface area contributed by atoms with Crippen LogP contribution in [0, 0.1) is 5.82 Å². The highest BCUT2D eigenvalue weighted by Crippen LogP contribution is 2.32. The number of nitrogens with one attached hydrogen (secondary N) is 2. The number of halogens is 4. The lowest BCUT2D eigenvalue weighted by Gasteiger charge is -2.40. The molecule has 2 fully saturated rings. The van der Waals surface area contributed by atoms with Gasteiger partial charge in [-0.15, -0.1) is 0 Å². The highest BCUT2D eigenvalue weighted by atomic mass is 19.4. The summed E-state index contributed by atoms with van der Waals surface area (Å²) in [6.45, 7) is 2.50. The van der Waals surface area contributed by atoms with Crippen LogP contribution in [-0.2, 0) is 15.7 Å². The molecule has 214 valence electrons. The molecule has 4 heterocycles. The Morgan fingerprint density at radius 2 is 2.02 bits per heavy atom. The van der Waals surface area contributed by atoms with Gasteiger partial charge in [0.15, 0.2) is 0 Å². The lowest BCUT2D eigenvalue weighted by Crippen LogP contribution is -2.55. The second kappa shape index (κ2) is 11.0. The van der Waals surface area contributed by atoms with Crippen molar-refractivity contribution in [3.8, 4) is 0 Å². The number of hydrogen-bond acceptors (Lipinski definition) is 9. The number of hydrogen-bond donors (Lipinski definition) is 3. The molecule has 0 spiro atoms. The van der Waals surface area contributed by atoms with Crippen LogP contribution in [0.15, 0.2) is 35.4 Å². The largest absolute Gasteiger partial charge is 0.423 e. The highest BCUT2D eigenvalue weighted by molar-refractivity contribution is 5.83. The third-order valence-electron chi connectivity index (χ3n) is 7.04. The van der Waals surface area contributed by atoms with Crippen LogP contribution in [0.25, 0.3) is 10.9 Å². The molecule has 2 saturated heterocycles. The van der Waals surface area contributed by atoms with E-state index in [4.69, 9.17) is 4.74 Å². The van der Waals surface area contributed by atoms with Gasteiger partial charge in [-0.3, -0.25) is 9.59 Å². The van der Waals surface area contributed by atoms with Crippen LogP contribution in [0.3, 0.4) is 0 Å². The Labute approximate surface area is 225 Å². The number of nitrogens with zero attached hydrogens (tertiary/aromatic N) is 5. The number of likely N-dealkylation sites (tertiary alicyclic amines) is 1. The first-order chi connectivity index (χ1) is 19.0. The van der Waals surface area contributed by atoms with Crippen LogP contribution in [0.2, 0.25) is 0 Å². The summed E-state index contributed by atoms with van der Waals surface area (Å²) in [6, 6.07) is 3.10. The van der Waals surface area contributed by atoms with Gasteiger partial charge in [-0.1, -0.05) is 0 Å². The normalized spacial score (nSPS) is 22.6. The van der Waals surface area contributed by atoms with E-state index >= 15 is 0 Å². The van der Waals surface area contributed by atoms with Gasteiger partial charge in [-0.25, -0.2) is 19.5 Å². The Balaban J connectivity index is 1.16. The summed E-state index contributed by atoms with van der Waals surface area (Å²) in [6.07, 6.45) is -3.34. The smallest absolute Gasteiger partial charge is 0.389 e. The van der Waals surface area contributed by atoms with Gasteiger partial charge in [0, 0.05) is 43.7 Å². The number of alkyl halides is 3. The molecule has 4 atom stereocenters. The van der Waals surface area contributed by atoms with Gasteiger partial charge in [-0.05, 0) is 31.5 Å². The third-order valence-corrected chi connectivity index (χ3v) is 7.04. The van der Waals surface area contributed by atoms with Gasteiger partial charge in [0.1, 0.15) is 17.5 Å². The minimum atomic E-state index is -4.88. The molecule has 3 N–H and O–H groups in total. The SMILES string of the molecule is CC(COC1CCN(C2CCN(c3ncc4cc(F)ccc4n3)CC2O)C1=O)Nc1cn[nH]c(=O)c1C(F)(F)F. The molecule has 3 aromatic rings. The number of H-pyrrole nitrogens is 1. The van der Waals surface area contributed by atoms with Crippen LogP contribution in [0.5, 0.6) is 0 Å². The number of aromatic amines is 1. The van der Waals surface area contributed by atoms with Gasteiger partial charge in [0.05, 0.1) is 36.2 Å². The van der Waals surface area contributed by atoms with Crippen molar-refractivity contribution in [3.63, 3.8) is 0 Å². The van der Waals surface area contributed by atoms with Crippen molar-refractivity contribution < 1.29 is 32.2 Å². The third kappa shape index (κ3) is 5.70. The number of fused-ring (bicyclic) bond motifs is 1. The van der Waals surface area contributed by atoms with Crippen molar-refractivity contribution in [2.24, 2.45) is 0 Å². The first kappa shape index (κ1) is 27.7. The van der Waals surface area contributed by atoms with E-state index in [0.29, 0.717) is 42.8 Å². The van der Waals surface area contributed by atoms with E-state index < -0.39 is 47.3 Å². The van der Waals surface area contributed by atoms with E-state index in [1.165, 1.54) is 18.3 Å². The lowest BCUT2D eigenvalue weighted by atomic mass is 10.0. The first-order valence-electron chi connectivity index (χ1n) is 12.7. The van der Waals surface area contributed by atoms with E-state index in [1.54, 1.807) is 23.0 Å². The molecule has 1 aromatic carbocycles. The number of carbonyl (C=O) groups is 1. The molecule has 15 heteroatoms. The minimum Gasteiger partial charge on any atom is -0.389 e. The zero-order valence-corrected chi connectivity index (χ0v) is 21.4. The quantitative estimate of drug-likeness (QED) is 0.367. The number of rotatable bonds is 7. The summed E-state index contributed by atoms with van der Waals surface area (Å²) in [7, 11) is 0. The minimum absolute atomic E-state index is 0.0987. The Hall–Kier alpha value is -3.85. The van der Waals surface area contributed by atoms with Crippen molar-refractivity contribution in [3.05, 3.63) is 52.3 Å². The molecule has 1 amide bonds. The Morgan fingerprint density at radius 1 is 1.23 bits per heavy atom. The average Bonchev–Trinajstić information content (AvgIpc) is 3.26. The lowest BCUT2D eigenvalue weighted by molar-refractivity contribution is -0.141. The Bertz CT molecular complexity index is 1450. The maximum Gasteiger partial charge on any atom is 0.423 e. The zero-order valence-electron chi connectivity index (χ0n) is 21.4. The summed E-state index contributed by atoms with van der Waals surface area (Å²) in [4.78, 5) is 36.9. The Kier molecular flexibility index (Phi) is 7.59. The standard InChI is InChI=1S/C25H27F4N7O4/c1-13(32-17-10-31-34-22(38)21(17)25(27,28)29)12-40-20-5-7-36(23(20)39)18-4-6-35(11-19(18)37)24-30-9-14-8-15(26)2-3-16(14)33-24/h2-3,8-10,13,18-20,37H,4-7,11-12H2,1H3,(H2,32,34,38). The molecule has 4 unspecified atom stereocenters. The first-order valence-corrected chi connectivity index (χ1v) is 12.7. The average molecular weight is 566 g/mol. The molecular weight excluding hydrogens is 538 g/mol. The number of piperidine rings is 1. The molecular formula is C25H27F4N7O4. The van der Waals surface area contributed by atoms with Crippen LogP contribution in [-0.4, -0.2) is 86.6 Å². The topological polar surface area (TPSA) is 137 Å². The number of aromatic nitrogens is 4. The van der Waals surface area contributed by atoms with E-state index in [1.807, 2.05) is 4.90 Å². The molecule has 40 heavy (non-hydrogen) atoms. The predicted octanol–water partition coefficient (Wildman–Crippen LogP) is 1.93.